The maximum atomic E-state index is 13.3. The number of rotatable bonds is 27. The molecule has 0 aliphatic heterocycles. The van der Waals surface area contributed by atoms with Crippen LogP contribution < -0.4 is 10.1 Å². The zero-order valence-electron chi connectivity index (χ0n) is 27.5. The number of carbonyl (C=O) groups excluding carboxylic acids is 2. The van der Waals surface area contributed by atoms with Crippen molar-refractivity contribution in [3.05, 3.63) is 42.0 Å². The van der Waals surface area contributed by atoms with E-state index in [9.17, 15) is 44.4 Å². The fourth-order valence-electron chi connectivity index (χ4n) is 5.02. The number of carboxylic acids is 3. The van der Waals surface area contributed by atoms with Crippen LogP contribution in [0.25, 0.3) is 0 Å². The minimum absolute atomic E-state index is 0.166. The molecule has 11 nitrogen and oxygen atoms in total. The SMILES string of the molecule is C#CCCCOc1ccc(CC(NC(=O)C(/C=C/CCCCCCC(=O)CCCCCCC)C(O)(CC(=O)O)C(=O)O)C(=O)O)cc1. The highest BCUT2D eigenvalue weighted by atomic mass is 16.5. The second-order valence-electron chi connectivity index (χ2n) is 11.8. The third kappa shape index (κ3) is 16.8. The minimum Gasteiger partial charge on any atom is -0.494 e. The third-order valence-electron chi connectivity index (χ3n) is 7.76. The number of aliphatic carboxylic acids is 3. The molecule has 1 aromatic carbocycles. The van der Waals surface area contributed by atoms with Gasteiger partial charge in [0.25, 0.3) is 0 Å². The molecule has 1 rings (SSSR count). The Labute approximate surface area is 277 Å². The smallest absolute Gasteiger partial charge is 0.337 e. The normalized spacial score (nSPS) is 13.6. The summed E-state index contributed by atoms with van der Waals surface area (Å²) in [6.07, 6.45) is 17.7. The van der Waals surface area contributed by atoms with E-state index >= 15 is 0 Å². The number of Topliss-reactive ketones (excluding diaryl/α,β-unsaturated/α-hetero) is 1. The van der Waals surface area contributed by atoms with Crippen molar-refractivity contribution >= 4 is 29.6 Å². The maximum Gasteiger partial charge on any atom is 0.337 e. The van der Waals surface area contributed by atoms with Gasteiger partial charge in [-0.25, -0.2) is 9.59 Å². The summed E-state index contributed by atoms with van der Waals surface area (Å²) in [6.45, 7) is 2.56. The number of ketones is 1. The molecular formula is C36H51NO10. The molecule has 0 fully saturated rings. The van der Waals surface area contributed by atoms with Gasteiger partial charge in [0.15, 0.2) is 5.60 Å². The molecule has 3 atom stereocenters. The van der Waals surface area contributed by atoms with E-state index in [0.717, 1.165) is 51.0 Å². The molecule has 3 unspecified atom stereocenters. The Morgan fingerprint density at radius 2 is 1.53 bits per heavy atom. The Hall–Kier alpha value is -4.17. The third-order valence-corrected chi connectivity index (χ3v) is 7.76. The van der Waals surface area contributed by atoms with E-state index in [4.69, 9.17) is 11.2 Å². The number of hydrogen-bond acceptors (Lipinski definition) is 7. The largest absolute Gasteiger partial charge is 0.494 e. The molecule has 0 spiro atoms. The van der Waals surface area contributed by atoms with Crippen LogP contribution in [0, 0.1) is 18.3 Å². The molecule has 11 heteroatoms. The average molecular weight is 658 g/mol. The Morgan fingerprint density at radius 1 is 0.915 bits per heavy atom. The quantitative estimate of drug-likeness (QED) is 0.0470. The first-order valence-electron chi connectivity index (χ1n) is 16.5. The number of ether oxygens (including phenoxy) is 1. The molecule has 1 amide bonds. The number of carbonyl (C=O) groups is 5. The van der Waals surface area contributed by atoms with Gasteiger partial charge in [-0.2, -0.15) is 0 Å². The maximum absolute atomic E-state index is 13.3. The standard InChI is InChI=1S/C36H51NO10/c1-3-5-7-10-13-17-28(38)18-14-11-8-9-12-15-19-30(36(46,35(44)45)26-32(39)40)33(41)37-31(34(42)43)25-27-20-22-29(23-21-27)47-24-16-6-4-2/h2,15,19-23,30-31,46H,3,5-14,16-18,24-26H2,1H3,(H,37,41)(H,39,40)(H,42,43)(H,44,45)/b19-15+. The Kier molecular flexibility index (Phi) is 20.2. The lowest BCUT2D eigenvalue weighted by atomic mass is 9.82. The van der Waals surface area contributed by atoms with Gasteiger partial charge in [0.05, 0.1) is 18.9 Å². The Bertz CT molecular complexity index is 1200. The fourth-order valence-corrected chi connectivity index (χ4v) is 5.02. The van der Waals surface area contributed by atoms with Crippen molar-refractivity contribution in [2.75, 3.05) is 6.61 Å². The van der Waals surface area contributed by atoms with Crippen molar-refractivity contribution in [3.8, 4) is 18.1 Å². The number of allylic oxidation sites excluding steroid dienone is 1. The van der Waals surface area contributed by atoms with Crippen molar-refractivity contribution in [2.24, 2.45) is 5.92 Å². The van der Waals surface area contributed by atoms with Crippen LogP contribution in [-0.4, -0.2) is 68.3 Å². The number of amides is 1. The van der Waals surface area contributed by atoms with Gasteiger partial charge < -0.3 is 30.5 Å². The molecule has 0 aliphatic rings. The van der Waals surface area contributed by atoms with Crippen molar-refractivity contribution in [1.82, 2.24) is 5.32 Å². The number of terminal acetylenes is 1. The van der Waals surface area contributed by atoms with Gasteiger partial charge in [0.2, 0.25) is 5.91 Å². The molecule has 5 N–H and O–H groups in total. The minimum atomic E-state index is -3.02. The van der Waals surface area contributed by atoms with Crippen LogP contribution in [0.2, 0.25) is 0 Å². The molecule has 0 saturated heterocycles. The van der Waals surface area contributed by atoms with Crippen LogP contribution in [0.5, 0.6) is 5.75 Å². The highest BCUT2D eigenvalue weighted by Gasteiger charge is 2.49. The van der Waals surface area contributed by atoms with Gasteiger partial charge >= 0.3 is 17.9 Å². The van der Waals surface area contributed by atoms with Crippen molar-refractivity contribution in [3.63, 3.8) is 0 Å². The second-order valence-corrected chi connectivity index (χ2v) is 11.8. The lowest BCUT2D eigenvalue weighted by molar-refractivity contribution is -0.172. The first-order valence-corrected chi connectivity index (χ1v) is 16.5. The summed E-state index contributed by atoms with van der Waals surface area (Å²) in [5.74, 6) is -4.66. The highest BCUT2D eigenvalue weighted by molar-refractivity contribution is 5.94. The number of aliphatic hydroxyl groups is 1. The predicted molar refractivity (Wildman–Crippen MR) is 177 cm³/mol. The van der Waals surface area contributed by atoms with Crippen LogP contribution in [-0.2, 0) is 30.4 Å². The number of benzene rings is 1. The monoisotopic (exact) mass is 657 g/mol. The molecule has 0 heterocycles. The molecular weight excluding hydrogens is 606 g/mol. The number of carboxylic acid groups (broad SMARTS) is 3. The van der Waals surface area contributed by atoms with Crippen molar-refractivity contribution in [1.29, 1.82) is 0 Å². The molecule has 47 heavy (non-hydrogen) atoms. The molecule has 0 radical (unpaired) electrons. The van der Waals surface area contributed by atoms with E-state index < -0.39 is 47.8 Å². The van der Waals surface area contributed by atoms with E-state index in [1.165, 1.54) is 12.5 Å². The van der Waals surface area contributed by atoms with Crippen LogP contribution in [0.4, 0.5) is 0 Å². The first kappa shape index (κ1) is 40.9. The highest BCUT2D eigenvalue weighted by Crippen LogP contribution is 2.26. The number of unbranched alkanes of at least 4 members (excludes halogenated alkanes) is 9. The first-order chi connectivity index (χ1) is 22.4. The molecule has 1 aromatic rings. The molecule has 0 aromatic heterocycles. The van der Waals surface area contributed by atoms with Gasteiger partial charge in [-0.3, -0.25) is 14.4 Å². The summed E-state index contributed by atoms with van der Waals surface area (Å²) in [7, 11) is 0. The Morgan fingerprint density at radius 3 is 2.09 bits per heavy atom. The Balaban J connectivity index is 2.82. The topological polar surface area (TPSA) is 188 Å². The van der Waals surface area contributed by atoms with E-state index in [2.05, 4.69) is 18.2 Å². The van der Waals surface area contributed by atoms with Gasteiger partial charge in [0.1, 0.15) is 17.6 Å². The summed E-state index contributed by atoms with van der Waals surface area (Å²) in [4.78, 5) is 60.9. The van der Waals surface area contributed by atoms with Crippen LogP contribution >= 0.6 is 0 Å². The molecule has 0 bridgehead atoms. The summed E-state index contributed by atoms with van der Waals surface area (Å²) in [6, 6.07) is 5.03. The molecule has 0 saturated carbocycles. The van der Waals surface area contributed by atoms with E-state index in [1.807, 2.05) is 0 Å². The van der Waals surface area contributed by atoms with E-state index in [0.29, 0.717) is 56.4 Å². The van der Waals surface area contributed by atoms with Gasteiger partial charge in [-0.1, -0.05) is 69.7 Å². The van der Waals surface area contributed by atoms with Crippen molar-refractivity contribution in [2.45, 2.75) is 121 Å². The molecule has 0 aliphatic carbocycles. The average Bonchev–Trinajstić information content (AvgIpc) is 3.02. The lowest BCUT2D eigenvalue weighted by Crippen LogP contribution is -2.55. The van der Waals surface area contributed by atoms with Gasteiger partial charge in [-0.15, -0.1) is 12.3 Å². The van der Waals surface area contributed by atoms with Crippen molar-refractivity contribution < 1.29 is 49.1 Å². The zero-order chi connectivity index (χ0) is 35.1. The number of hydrogen-bond donors (Lipinski definition) is 5. The van der Waals surface area contributed by atoms with E-state index in [1.54, 1.807) is 24.3 Å². The lowest BCUT2D eigenvalue weighted by Gasteiger charge is -2.29. The summed E-state index contributed by atoms with van der Waals surface area (Å²) in [5, 5.41) is 42.0. The van der Waals surface area contributed by atoms with Crippen LogP contribution in [0.3, 0.4) is 0 Å². The van der Waals surface area contributed by atoms with Crippen LogP contribution in [0.1, 0.15) is 109 Å². The predicted octanol–water partition coefficient (Wildman–Crippen LogP) is 5.32. The van der Waals surface area contributed by atoms with Crippen LogP contribution in [0.15, 0.2) is 36.4 Å². The summed E-state index contributed by atoms with van der Waals surface area (Å²) in [5.41, 5.74) is -2.49. The summed E-state index contributed by atoms with van der Waals surface area (Å²) < 4.78 is 5.58. The van der Waals surface area contributed by atoms with Gasteiger partial charge in [0, 0.05) is 25.7 Å². The second kappa shape index (κ2) is 23.2. The molecule has 260 valence electrons. The summed E-state index contributed by atoms with van der Waals surface area (Å²) >= 11 is 0. The fraction of sp³-hybridized carbons (Fsp3) is 0.583. The zero-order valence-corrected chi connectivity index (χ0v) is 27.5. The number of nitrogens with one attached hydrogen (secondary N) is 1. The van der Waals surface area contributed by atoms with E-state index in [-0.39, 0.29) is 12.2 Å². The van der Waals surface area contributed by atoms with Gasteiger partial charge in [-0.05, 0) is 49.8 Å².